The second kappa shape index (κ2) is 6.38. The molecule has 2 aliphatic heterocycles. The third-order valence-corrected chi connectivity index (χ3v) is 11.1. The zero-order valence-corrected chi connectivity index (χ0v) is 20.1. The van der Waals surface area contributed by atoms with Gasteiger partial charge in [-0.05, 0) is 49.3 Å². The Morgan fingerprint density at radius 3 is 2.73 bits per heavy atom. The Kier molecular flexibility index (Phi) is 4.39. The summed E-state index contributed by atoms with van der Waals surface area (Å²) in [5.41, 5.74) is 1.98. The van der Waals surface area contributed by atoms with Gasteiger partial charge in [-0.1, -0.05) is 43.6 Å². The van der Waals surface area contributed by atoms with Crippen LogP contribution in [0.3, 0.4) is 0 Å². The van der Waals surface area contributed by atoms with Gasteiger partial charge in [-0.2, -0.15) is 0 Å². The van der Waals surface area contributed by atoms with Crippen LogP contribution < -0.4 is 15.4 Å². The molecule has 3 N–H and O–H groups in total. The van der Waals surface area contributed by atoms with E-state index in [4.69, 9.17) is 4.74 Å². The fourth-order valence-corrected chi connectivity index (χ4v) is 8.12. The summed E-state index contributed by atoms with van der Waals surface area (Å²) in [7, 11) is 2.05. The third-order valence-electron chi connectivity index (χ3n) is 9.29. The molecule has 2 saturated carbocycles. The standard InChI is InChI=1S/C24H33BrN2O3/c1-12-6-7-17-22(2,3)20(25)15(26-5)10-24(17)23(12,4)9-13-8-16(28)18-14(19(13)30-24)11-27-21(18)29/h8,12,15,17,20,26,28H,6-7,9-11H2,1-5H3,(H,27,29)/t12-,15?,17-,20?,23+,24-/m0/s1. The van der Waals surface area contributed by atoms with Gasteiger partial charge in [-0.15, -0.1) is 0 Å². The number of amides is 1. The zero-order valence-electron chi connectivity index (χ0n) is 18.6. The molecule has 0 bridgehead atoms. The predicted octanol–water partition coefficient (Wildman–Crippen LogP) is 4.14. The summed E-state index contributed by atoms with van der Waals surface area (Å²) in [6, 6.07) is 2.08. The Labute approximate surface area is 187 Å². The first-order valence-corrected chi connectivity index (χ1v) is 12.1. The maximum absolute atomic E-state index is 12.4. The minimum atomic E-state index is -0.310. The SMILES string of the molecule is CNC1C[C@@]23Oc4c(cc(O)c5c4CNC5=O)C[C@]2(C)[C@@H](C)CC[C@H]3C(C)(C)C1Br. The molecule has 0 radical (unpaired) electrons. The normalized spacial score (nSPS) is 41.1. The first-order valence-electron chi connectivity index (χ1n) is 11.2. The van der Waals surface area contributed by atoms with Gasteiger partial charge < -0.3 is 20.5 Å². The lowest BCUT2D eigenvalue weighted by atomic mass is 9.43. The van der Waals surface area contributed by atoms with Gasteiger partial charge in [0, 0.05) is 40.7 Å². The lowest BCUT2D eigenvalue weighted by Crippen LogP contribution is -2.73. The summed E-state index contributed by atoms with van der Waals surface area (Å²) in [6.07, 6.45) is 4.14. The highest BCUT2D eigenvalue weighted by atomic mass is 79.9. The molecule has 30 heavy (non-hydrogen) atoms. The monoisotopic (exact) mass is 476 g/mol. The van der Waals surface area contributed by atoms with Crippen LogP contribution in [0.5, 0.6) is 11.5 Å². The van der Waals surface area contributed by atoms with Gasteiger partial charge in [-0.25, -0.2) is 0 Å². The number of ether oxygens (including phenoxy) is 1. The van der Waals surface area contributed by atoms with Crippen LogP contribution in [-0.2, 0) is 13.0 Å². The van der Waals surface area contributed by atoms with E-state index in [1.807, 2.05) is 7.05 Å². The highest BCUT2D eigenvalue weighted by Gasteiger charge is 2.69. The molecule has 0 aromatic heterocycles. The van der Waals surface area contributed by atoms with E-state index in [1.54, 1.807) is 6.07 Å². The second-order valence-corrected chi connectivity index (χ2v) is 11.8. The van der Waals surface area contributed by atoms with Crippen LogP contribution in [0.15, 0.2) is 6.07 Å². The highest BCUT2D eigenvalue weighted by Crippen LogP contribution is 2.67. The number of aromatic hydroxyl groups is 1. The Bertz CT molecular complexity index is 932. The van der Waals surface area contributed by atoms with Crippen molar-refractivity contribution in [2.45, 2.75) is 76.4 Å². The number of benzene rings is 1. The average Bonchev–Trinajstić information content (AvgIpc) is 3.07. The number of phenolic OH excluding ortho intramolecular Hbond substituents is 1. The summed E-state index contributed by atoms with van der Waals surface area (Å²) in [6.45, 7) is 9.95. The fourth-order valence-electron chi connectivity index (χ4n) is 7.35. The minimum absolute atomic E-state index is 0.0425. The number of rotatable bonds is 1. The molecule has 0 saturated heterocycles. The summed E-state index contributed by atoms with van der Waals surface area (Å²) < 4.78 is 7.20. The number of hydrogen-bond acceptors (Lipinski definition) is 4. The molecule has 1 aromatic carbocycles. The van der Waals surface area contributed by atoms with Crippen molar-refractivity contribution in [1.29, 1.82) is 0 Å². The van der Waals surface area contributed by atoms with Crippen molar-refractivity contribution >= 4 is 21.8 Å². The molecule has 1 aromatic rings. The van der Waals surface area contributed by atoms with Crippen molar-refractivity contribution in [3.05, 3.63) is 22.8 Å². The molecule has 1 amide bonds. The number of halogens is 1. The molecular weight excluding hydrogens is 444 g/mol. The number of alkyl halides is 1. The van der Waals surface area contributed by atoms with Gasteiger partial charge in [0.2, 0.25) is 0 Å². The Morgan fingerprint density at radius 1 is 1.30 bits per heavy atom. The Hall–Kier alpha value is -1.27. The van der Waals surface area contributed by atoms with Crippen molar-refractivity contribution in [2.75, 3.05) is 7.05 Å². The van der Waals surface area contributed by atoms with Crippen LogP contribution >= 0.6 is 15.9 Å². The van der Waals surface area contributed by atoms with Crippen molar-refractivity contribution < 1.29 is 14.6 Å². The van der Waals surface area contributed by atoms with E-state index in [-0.39, 0.29) is 28.1 Å². The molecule has 164 valence electrons. The largest absolute Gasteiger partial charge is 0.507 e. The van der Waals surface area contributed by atoms with E-state index < -0.39 is 0 Å². The first kappa shape index (κ1) is 20.6. The molecule has 6 heteroatoms. The number of hydrogen-bond donors (Lipinski definition) is 3. The van der Waals surface area contributed by atoms with Crippen LogP contribution in [-0.4, -0.2) is 34.5 Å². The Balaban J connectivity index is 1.74. The quantitative estimate of drug-likeness (QED) is 0.532. The molecule has 2 fully saturated rings. The smallest absolute Gasteiger partial charge is 0.255 e. The molecule has 5 rings (SSSR count). The molecule has 4 aliphatic rings. The molecule has 6 atom stereocenters. The maximum Gasteiger partial charge on any atom is 0.255 e. The minimum Gasteiger partial charge on any atom is -0.507 e. The number of phenols is 1. The van der Waals surface area contributed by atoms with E-state index in [2.05, 4.69) is 54.3 Å². The summed E-state index contributed by atoms with van der Waals surface area (Å²) in [5.74, 6) is 1.64. The van der Waals surface area contributed by atoms with Gasteiger partial charge in [0.1, 0.15) is 17.1 Å². The number of carbonyl (C=O) groups excluding carboxylic acids is 1. The van der Waals surface area contributed by atoms with Gasteiger partial charge in [0.15, 0.2) is 0 Å². The van der Waals surface area contributed by atoms with Crippen molar-refractivity contribution in [2.24, 2.45) is 22.7 Å². The van der Waals surface area contributed by atoms with E-state index in [9.17, 15) is 9.90 Å². The molecule has 2 heterocycles. The second-order valence-electron chi connectivity index (χ2n) is 10.9. The average molecular weight is 477 g/mol. The number of nitrogens with one attached hydrogen (secondary N) is 2. The van der Waals surface area contributed by atoms with E-state index in [0.29, 0.717) is 34.8 Å². The van der Waals surface area contributed by atoms with E-state index >= 15 is 0 Å². The van der Waals surface area contributed by atoms with Gasteiger partial charge >= 0.3 is 0 Å². The van der Waals surface area contributed by atoms with Gasteiger partial charge in [-0.3, -0.25) is 4.79 Å². The van der Waals surface area contributed by atoms with Gasteiger partial charge in [0.25, 0.3) is 5.91 Å². The third kappa shape index (κ3) is 2.35. The Morgan fingerprint density at radius 2 is 2.03 bits per heavy atom. The van der Waals surface area contributed by atoms with Crippen molar-refractivity contribution in [1.82, 2.24) is 10.6 Å². The lowest BCUT2D eigenvalue weighted by Gasteiger charge is -2.68. The van der Waals surface area contributed by atoms with Crippen LogP contribution in [0.4, 0.5) is 0 Å². The molecule has 1 spiro atoms. The predicted molar refractivity (Wildman–Crippen MR) is 120 cm³/mol. The van der Waals surface area contributed by atoms with Gasteiger partial charge in [0.05, 0.1) is 5.56 Å². The molecule has 5 nitrogen and oxygen atoms in total. The van der Waals surface area contributed by atoms with E-state index in [0.717, 1.165) is 36.1 Å². The summed E-state index contributed by atoms with van der Waals surface area (Å²) in [5, 5.41) is 17.0. The van der Waals surface area contributed by atoms with Crippen molar-refractivity contribution in [3.8, 4) is 11.5 Å². The highest BCUT2D eigenvalue weighted by molar-refractivity contribution is 9.09. The zero-order chi connectivity index (χ0) is 21.6. The van der Waals surface area contributed by atoms with E-state index in [1.165, 1.54) is 6.42 Å². The maximum atomic E-state index is 12.4. The molecule has 2 unspecified atom stereocenters. The lowest BCUT2D eigenvalue weighted by molar-refractivity contribution is -0.213. The fraction of sp³-hybridized carbons (Fsp3) is 0.708. The first-order chi connectivity index (χ1) is 14.1. The number of fused-ring (bicyclic) bond motifs is 3. The van der Waals surface area contributed by atoms with Crippen LogP contribution in [0, 0.1) is 22.7 Å². The molecular formula is C24H33BrN2O3. The topological polar surface area (TPSA) is 70.6 Å². The van der Waals surface area contributed by atoms with Crippen LogP contribution in [0.25, 0.3) is 0 Å². The van der Waals surface area contributed by atoms with Crippen LogP contribution in [0.2, 0.25) is 0 Å². The summed E-state index contributed by atoms with van der Waals surface area (Å²) in [4.78, 5) is 12.7. The van der Waals surface area contributed by atoms with Crippen LogP contribution in [0.1, 0.15) is 68.4 Å². The molecule has 2 aliphatic carbocycles. The summed E-state index contributed by atoms with van der Waals surface area (Å²) >= 11 is 4.04. The van der Waals surface area contributed by atoms with Crippen molar-refractivity contribution in [3.63, 3.8) is 0 Å². The number of carbonyl (C=O) groups is 1.